The molecule has 2 aliphatic carbocycles. The molecule has 2 fully saturated rings. The third-order valence-corrected chi connectivity index (χ3v) is 10.4. The maximum atomic E-state index is 14.1. The lowest BCUT2D eigenvalue weighted by Crippen LogP contribution is -2.50. The van der Waals surface area contributed by atoms with Gasteiger partial charge in [0, 0.05) is 70.7 Å². The number of hydrogen-bond donors (Lipinski definition) is 2. The fraction of sp³-hybridized carbons (Fsp3) is 0.444. The summed E-state index contributed by atoms with van der Waals surface area (Å²) in [5.41, 5.74) is 4.57. The van der Waals surface area contributed by atoms with Crippen molar-refractivity contribution in [3.8, 4) is 0 Å². The molecule has 0 radical (unpaired) electrons. The number of ether oxygens (including phenoxy) is 1. The Kier molecular flexibility index (Phi) is 7.06. The topological polar surface area (TPSA) is 77.7 Å². The summed E-state index contributed by atoms with van der Waals surface area (Å²) < 4.78 is 5.56. The SMILES string of the molecule is CCC1(NC(=O)c2ccccc2)C=c2[nH]c3c(c2=CC1)C(=O)c1ccc(N2CCC(N4CCOCC4)CC2)cc1C3(C)C. The number of amides is 1. The molecule has 0 spiro atoms. The zero-order chi connectivity index (χ0) is 29.8. The molecule has 0 saturated carbocycles. The van der Waals surface area contributed by atoms with Gasteiger partial charge in [-0.2, -0.15) is 0 Å². The van der Waals surface area contributed by atoms with Crippen molar-refractivity contribution in [3.05, 3.63) is 87.0 Å². The first-order valence-corrected chi connectivity index (χ1v) is 15.9. The van der Waals surface area contributed by atoms with Crippen molar-refractivity contribution >= 4 is 29.5 Å². The van der Waals surface area contributed by atoms with Gasteiger partial charge in [0.1, 0.15) is 0 Å². The second-order valence-electron chi connectivity index (χ2n) is 13.1. The first kappa shape index (κ1) is 28.1. The van der Waals surface area contributed by atoms with Crippen LogP contribution in [0.4, 0.5) is 5.69 Å². The zero-order valence-corrected chi connectivity index (χ0v) is 25.5. The molecule has 7 heteroatoms. The minimum atomic E-state index is -0.520. The highest BCUT2D eigenvalue weighted by Crippen LogP contribution is 2.41. The molecule has 2 saturated heterocycles. The van der Waals surface area contributed by atoms with Crippen LogP contribution in [-0.4, -0.2) is 72.5 Å². The van der Waals surface area contributed by atoms with Crippen molar-refractivity contribution in [3.63, 3.8) is 0 Å². The van der Waals surface area contributed by atoms with E-state index in [1.165, 1.54) is 5.69 Å². The fourth-order valence-electron chi connectivity index (χ4n) is 7.64. The quantitative estimate of drug-likeness (QED) is 0.483. The molecule has 43 heavy (non-hydrogen) atoms. The van der Waals surface area contributed by atoms with Crippen LogP contribution in [0.15, 0.2) is 48.5 Å². The lowest BCUT2D eigenvalue weighted by atomic mass is 9.71. The first-order valence-electron chi connectivity index (χ1n) is 15.9. The second-order valence-corrected chi connectivity index (χ2v) is 13.1. The number of morpholine rings is 1. The van der Waals surface area contributed by atoms with E-state index in [2.05, 4.69) is 65.2 Å². The maximum Gasteiger partial charge on any atom is 0.251 e. The molecule has 1 amide bonds. The number of H-pyrrole nitrogens is 1. The van der Waals surface area contributed by atoms with Crippen LogP contribution >= 0.6 is 0 Å². The Balaban J connectivity index is 1.18. The third-order valence-electron chi connectivity index (χ3n) is 10.4. The van der Waals surface area contributed by atoms with Gasteiger partial charge in [-0.15, -0.1) is 0 Å². The van der Waals surface area contributed by atoms with Gasteiger partial charge in [0.2, 0.25) is 0 Å². The highest BCUT2D eigenvalue weighted by molar-refractivity contribution is 6.13. The van der Waals surface area contributed by atoms with Gasteiger partial charge in [0.05, 0.1) is 24.3 Å². The molecule has 7 rings (SSSR count). The van der Waals surface area contributed by atoms with Gasteiger partial charge >= 0.3 is 0 Å². The van der Waals surface area contributed by atoms with Crippen LogP contribution in [-0.2, 0) is 10.2 Å². The molecule has 2 aromatic carbocycles. The standard InChI is InChI=1S/C36H42N4O3/c1-4-36(38-34(42)24-8-6-5-7-9-24)15-12-28-30(23-36)37-33-31(28)32(41)27-11-10-26(22-29(27)35(33,2)3)39-16-13-25(14-17-39)40-18-20-43-21-19-40/h5-12,22-23,25,37H,4,13-21H2,1-3H3,(H,38,42). The van der Waals surface area contributed by atoms with Gasteiger partial charge in [-0.3, -0.25) is 14.5 Å². The molecular weight excluding hydrogens is 536 g/mol. The number of rotatable bonds is 5. The van der Waals surface area contributed by atoms with Gasteiger partial charge in [0.25, 0.3) is 5.91 Å². The summed E-state index contributed by atoms with van der Waals surface area (Å²) >= 11 is 0. The predicted octanol–water partition coefficient (Wildman–Crippen LogP) is 3.73. The van der Waals surface area contributed by atoms with Crippen LogP contribution in [0, 0.1) is 0 Å². The first-order chi connectivity index (χ1) is 20.8. The highest BCUT2D eigenvalue weighted by Gasteiger charge is 2.41. The number of carbonyl (C=O) groups excluding carboxylic acids is 2. The van der Waals surface area contributed by atoms with E-state index in [4.69, 9.17) is 4.74 Å². The highest BCUT2D eigenvalue weighted by atomic mass is 16.5. The minimum absolute atomic E-state index is 0.0846. The minimum Gasteiger partial charge on any atom is -0.379 e. The van der Waals surface area contributed by atoms with E-state index in [-0.39, 0.29) is 17.1 Å². The number of aromatic nitrogens is 1. The van der Waals surface area contributed by atoms with E-state index in [9.17, 15) is 9.59 Å². The summed E-state index contributed by atoms with van der Waals surface area (Å²) in [6.07, 6.45) is 7.97. The van der Waals surface area contributed by atoms with Crippen LogP contribution < -0.4 is 20.8 Å². The monoisotopic (exact) mass is 578 g/mol. The van der Waals surface area contributed by atoms with Gasteiger partial charge in [-0.05, 0) is 67.7 Å². The van der Waals surface area contributed by atoms with Crippen molar-refractivity contribution in [1.29, 1.82) is 0 Å². The van der Waals surface area contributed by atoms with Crippen LogP contribution in [0.1, 0.15) is 84.0 Å². The van der Waals surface area contributed by atoms with Crippen molar-refractivity contribution in [2.45, 2.75) is 63.5 Å². The van der Waals surface area contributed by atoms with E-state index in [0.717, 1.165) is 91.6 Å². The van der Waals surface area contributed by atoms with Crippen LogP contribution in [0.3, 0.4) is 0 Å². The summed E-state index contributed by atoms with van der Waals surface area (Å²) in [5, 5.41) is 5.18. The number of nitrogens with zero attached hydrogens (tertiary/aromatic N) is 2. The Labute approximate surface area is 253 Å². The molecule has 1 aromatic heterocycles. The number of benzene rings is 2. The maximum absolute atomic E-state index is 14.1. The number of hydrogen-bond acceptors (Lipinski definition) is 5. The zero-order valence-electron chi connectivity index (χ0n) is 25.5. The summed E-state index contributed by atoms with van der Waals surface area (Å²) in [5.74, 6) is -0.00133. The van der Waals surface area contributed by atoms with Crippen LogP contribution in [0.25, 0.3) is 12.2 Å². The summed E-state index contributed by atoms with van der Waals surface area (Å²) in [7, 11) is 0. The smallest absolute Gasteiger partial charge is 0.251 e. The fourth-order valence-corrected chi connectivity index (χ4v) is 7.64. The molecule has 2 aliphatic heterocycles. The third kappa shape index (κ3) is 4.83. The number of fused-ring (bicyclic) bond motifs is 4. The van der Waals surface area contributed by atoms with Crippen molar-refractivity contribution < 1.29 is 14.3 Å². The molecule has 3 aromatic rings. The summed E-state index contributed by atoms with van der Waals surface area (Å²) in [6.45, 7) is 12.3. The average Bonchev–Trinajstić information content (AvgIpc) is 3.44. The number of aromatic amines is 1. The second kappa shape index (κ2) is 10.8. The van der Waals surface area contributed by atoms with Crippen molar-refractivity contribution in [2.24, 2.45) is 0 Å². The number of ketones is 1. The Bertz CT molecular complexity index is 1680. The number of piperidine rings is 1. The summed E-state index contributed by atoms with van der Waals surface area (Å²) in [6, 6.07) is 16.4. The normalized spacial score (nSPS) is 23.4. The van der Waals surface area contributed by atoms with E-state index in [1.54, 1.807) is 0 Å². The number of anilines is 1. The lowest BCUT2D eigenvalue weighted by molar-refractivity contribution is 0.0115. The molecule has 0 bridgehead atoms. The molecule has 4 aliphatic rings. The number of nitrogens with one attached hydrogen (secondary N) is 2. The van der Waals surface area contributed by atoms with Gasteiger partial charge in [0.15, 0.2) is 5.78 Å². The van der Waals surface area contributed by atoms with Gasteiger partial charge in [-0.25, -0.2) is 0 Å². The Hall–Kier alpha value is -3.68. The molecule has 3 heterocycles. The molecule has 1 unspecified atom stereocenters. The van der Waals surface area contributed by atoms with Gasteiger partial charge < -0.3 is 19.9 Å². The Morgan fingerprint density at radius 3 is 2.51 bits per heavy atom. The van der Waals surface area contributed by atoms with Crippen LogP contribution in [0.5, 0.6) is 0 Å². The molecular formula is C36H42N4O3. The van der Waals surface area contributed by atoms with Crippen molar-refractivity contribution in [2.75, 3.05) is 44.3 Å². The van der Waals surface area contributed by atoms with E-state index in [0.29, 0.717) is 18.0 Å². The molecule has 2 N–H and O–H groups in total. The van der Waals surface area contributed by atoms with E-state index < -0.39 is 5.54 Å². The number of carbonyl (C=O) groups is 2. The summed E-state index contributed by atoms with van der Waals surface area (Å²) in [4.78, 5) is 36.0. The Morgan fingerprint density at radius 1 is 1.05 bits per heavy atom. The lowest BCUT2D eigenvalue weighted by Gasteiger charge is -2.41. The largest absolute Gasteiger partial charge is 0.379 e. The van der Waals surface area contributed by atoms with E-state index >= 15 is 0 Å². The molecule has 1 atom stereocenters. The van der Waals surface area contributed by atoms with Gasteiger partial charge in [-0.1, -0.05) is 45.0 Å². The van der Waals surface area contributed by atoms with Crippen molar-refractivity contribution in [1.82, 2.24) is 15.2 Å². The molecule has 7 nitrogen and oxygen atoms in total. The average molecular weight is 579 g/mol. The Morgan fingerprint density at radius 2 is 1.79 bits per heavy atom. The van der Waals surface area contributed by atoms with Crippen LogP contribution in [0.2, 0.25) is 0 Å². The van der Waals surface area contributed by atoms with E-state index in [1.807, 2.05) is 36.4 Å². The predicted molar refractivity (Wildman–Crippen MR) is 170 cm³/mol. The molecule has 224 valence electrons.